The highest BCUT2D eigenvalue weighted by Crippen LogP contribution is 2.42. The molecule has 0 saturated carbocycles. The van der Waals surface area contributed by atoms with Gasteiger partial charge in [0, 0.05) is 25.7 Å². The van der Waals surface area contributed by atoms with Gasteiger partial charge in [0.1, 0.15) is 18.5 Å². The van der Waals surface area contributed by atoms with Gasteiger partial charge in [0.2, 0.25) is 11.8 Å². The van der Waals surface area contributed by atoms with Gasteiger partial charge in [-0.2, -0.15) is 0 Å². The van der Waals surface area contributed by atoms with Gasteiger partial charge in [-0.1, -0.05) is 48.5 Å². The number of likely N-dealkylation sites (tertiary alicyclic amines) is 1. The number of carbonyl (C=O) groups is 2. The number of benzene rings is 2. The molecule has 6 nitrogen and oxygen atoms in total. The van der Waals surface area contributed by atoms with Crippen LogP contribution in [-0.4, -0.2) is 59.6 Å². The van der Waals surface area contributed by atoms with Crippen LogP contribution in [0.1, 0.15) is 17.5 Å². The Morgan fingerprint density at radius 2 is 1.89 bits per heavy atom. The lowest BCUT2D eigenvalue weighted by atomic mass is 9.76. The number of phenols is 1. The second kappa shape index (κ2) is 7.28. The van der Waals surface area contributed by atoms with Crippen molar-refractivity contribution in [1.82, 2.24) is 9.80 Å². The lowest BCUT2D eigenvalue weighted by Crippen LogP contribution is -2.67. The first-order valence-corrected chi connectivity index (χ1v) is 9.51. The van der Waals surface area contributed by atoms with Crippen LogP contribution in [0.5, 0.6) is 5.75 Å². The van der Waals surface area contributed by atoms with Gasteiger partial charge in [-0.3, -0.25) is 9.59 Å². The number of piperidine rings is 1. The van der Waals surface area contributed by atoms with Gasteiger partial charge in [-0.05, 0) is 18.1 Å². The van der Waals surface area contributed by atoms with Crippen molar-refractivity contribution >= 4 is 11.8 Å². The summed E-state index contributed by atoms with van der Waals surface area (Å²) >= 11 is 0. The number of para-hydroxylation sites is 1. The maximum absolute atomic E-state index is 12.9. The smallest absolute Gasteiger partial charge is 0.249 e. The molecule has 0 bridgehead atoms. The van der Waals surface area contributed by atoms with Crippen molar-refractivity contribution in [3.05, 3.63) is 65.7 Å². The summed E-state index contributed by atoms with van der Waals surface area (Å²) in [6.07, 6.45) is 0.461. The first kappa shape index (κ1) is 18.5. The van der Waals surface area contributed by atoms with E-state index in [9.17, 15) is 14.7 Å². The van der Waals surface area contributed by atoms with E-state index in [0.29, 0.717) is 25.1 Å². The van der Waals surface area contributed by atoms with Gasteiger partial charge in [0.05, 0.1) is 12.0 Å². The molecule has 2 atom stereocenters. The first-order chi connectivity index (χ1) is 13.5. The highest BCUT2D eigenvalue weighted by Gasteiger charge is 2.53. The third-order valence-electron chi connectivity index (χ3n) is 6.02. The minimum Gasteiger partial charge on any atom is -0.508 e. The second-order valence-corrected chi connectivity index (χ2v) is 7.44. The highest BCUT2D eigenvalue weighted by atomic mass is 16.5. The van der Waals surface area contributed by atoms with E-state index < -0.39 is 5.54 Å². The quantitative estimate of drug-likeness (QED) is 0.883. The number of likely N-dealkylation sites (N-methyl/N-ethyl adjacent to an activating group) is 1. The molecule has 2 aliphatic heterocycles. The molecule has 28 heavy (non-hydrogen) atoms. The number of aromatic hydroxyl groups is 1. The maximum atomic E-state index is 12.9. The molecular formula is C22H24N2O4. The van der Waals surface area contributed by atoms with Crippen LogP contribution >= 0.6 is 0 Å². The molecule has 0 unspecified atom stereocenters. The summed E-state index contributed by atoms with van der Waals surface area (Å²) in [6.45, 7) is 0.967. The first-order valence-electron chi connectivity index (χ1n) is 9.51. The number of fused-ring (bicyclic) bond motifs is 1. The van der Waals surface area contributed by atoms with Crippen molar-refractivity contribution in [2.24, 2.45) is 0 Å². The number of rotatable bonds is 3. The number of morpholine rings is 1. The number of amides is 2. The molecule has 0 spiro atoms. The predicted octanol–water partition coefficient (Wildman–Crippen LogP) is 1.92. The van der Waals surface area contributed by atoms with Gasteiger partial charge in [-0.25, -0.2) is 0 Å². The second-order valence-electron chi connectivity index (χ2n) is 7.44. The zero-order valence-corrected chi connectivity index (χ0v) is 15.9. The molecule has 2 fully saturated rings. The summed E-state index contributed by atoms with van der Waals surface area (Å²) in [5.41, 5.74) is 1.08. The van der Waals surface area contributed by atoms with E-state index in [1.807, 2.05) is 43.4 Å². The average Bonchev–Trinajstić information content (AvgIpc) is 2.73. The fourth-order valence-electron chi connectivity index (χ4n) is 4.39. The van der Waals surface area contributed by atoms with Crippen molar-refractivity contribution < 1.29 is 19.4 Å². The van der Waals surface area contributed by atoms with E-state index in [1.54, 1.807) is 28.0 Å². The van der Waals surface area contributed by atoms with Gasteiger partial charge in [-0.15, -0.1) is 0 Å². The summed E-state index contributed by atoms with van der Waals surface area (Å²) in [5.74, 6) is 0.0335. The topological polar surface area (TPSA) is 70.1 Å². The molecule has 2 aromatic rings. The van der Waals surface area contributed by atoms with E-state index in [0.717, 1.165) is 5.56 Å². The Morgan fingerprint density at radius 1 is 1.18 bits per heavy atom. The zero-order valence-electron chi connectivity index (χ0n) is 15.9. The van der Waals surface area contributed by atoms with Crippen molar-refractivity contribution in [2.45, 2.75) is 24.5 Å². The van der Waals surface area contributed by atoms with Gasteiger partial charge < -0.3 is 19.6 Å². The van der Waals surface area contributed by atoms with Crippen LogP contribution in [-0.2, 0) is 26.3 Å². The van der Waals surface area contributed by atoms with Gasteiger partial charge in [0.25, 0.3) is 0 Å². The van der Waals surface area contributed by atoms with E-state index in [1.165, 1.54) is 0 Å². The van der Waals surface area contributed by atoms with Gasteiger partial charge in [0.15, 0.2) is 0 Å². The van der Waals surface area contributed by atoms with Crippen molar-refractivity contribution in [2.75, 3.05) is 26.7 Å². The van der Waals surface area contributed by atoms with Crippen molar-refractivity contribution in [3.8, 4) is 5.75 Å². The maximum Gasteiger partial charge on any atom is 0.249 e. The van der Waals surface area contributed by atoms with E-state index in [2.05, 4.69) is 0 Å². The summed E-state index contributed by atoms with van der Waals surface area (Å²) in [6, 6.07) is 16.8. The molecule has 2 aliphatic rings. The lowest BCUT2D eigenvalue weighted by molar-refractivity contribution is -0.184. The number of nitrogens with zero attached hydrogens (tertiary/aromatic N) is 2. The third-order valence-corrected chi connectivity index (χ3v) is 6.02. The normalized spacial score (nSPS) is 24.8. The predicted molar refractivity (Wildman–Crippen MR) is 104 cm³/mol. The molecule has 146 valence electrons. The molecule has 1 N–H and O–H groups in total. The molecule has 0 aromatic heterocycles. The number of carbonyl (C=O) groups excluding carboxylic acids is 2. The molecule has 0 aliphatic carbocycles. The molecule has 2 amide bonds. The number of phenolic OH excluding ortho intramolecular Hbond substituents is 1. The largest absolute Gasteiger partial charge is 0.508 e. The summed E-state index contributed by atoms with van der Waals surface area (Å²) < 4.78 is 5.94. The summed E-state index contributed by atoms with van der Waals surface area (Å²) in [4.78, 5) is 28.8. The Bertz CT molecular complexity index is 885. The number of hydrogen-bond donors (Lipinski definition) is 1. The van der Waals surface area contributed by atoms with Crippen molar-refractivity contribution in [1.29, 1.82) is 0 Å². The third kappa shape index (κ3) is 3.03. The lowest BCUT2D eigenvalue weighted by Gasteiger charge is -2.54. The minimum atomic E-state index is -0.567. The Hall–Kier alpha value is -2.86. The van der Waals surface area contributed by atoms with Crippen LogP contribution in [0.3, 0.4) is 0 Å². The molecule has 2 saturated heterocycles. The highest BCUT2D eigenvalue weighted by molar-refractivity contribution is 5.81. The molecule has 2 heterocycles. The average molecular weight is 380 g/mol. The SMILES string of the molecule is CN1C(=O)CO[C@@H]2CN(C(=O)Cc3ccccc3O)CC[C@]21c1ccccc1. The number of ether oxygens (including phenoxy) is 1. The number of hydrogen-bond acceptors (Lipinski definition) is 4. The molecule has 0 radical (unpaired) electrons. The van der Waals surface area contributed by atoms with Crippen LogP contribution in [0.2, 0.25) is 0 Å². The Balaban J connectivity index is 1.58. The standard InChI is InChI=1S/C22H24N2O4/c1-23-21(27)15-28-19-14-24(20(26)13-16-7-5-6-10-18(16)25)12-11-22(19,23)17-8-3-2-4-9-17/h2-10,19,25H,11-15H2,1H3/t19-,22+/m1/s1. The Labute approximate surface area is 164 Å². The fourth-order valence-corrected chi connectivity index (χ4v) is 4.39. The van der Waals surface area contributed by atoms with Crippen LogP contribution in [0, 0.1) is 0 Å². The Kier molecular flexibility index (Phi) is 4.81. The van der Waals surface area contributed by atoms with E-state index in [-0.39, 0.29) is 36.7 Å². The van der Waals surface area contributed by atoms with Crippen molar-refractivity contribution in [3.63, 3.8) is 0 Å². The van der Waals surface area contributed by atoms with Crippen LogP contribution in [0.4, 0.5) is 0 Å². The molecule has 2 aromatic carbocycles. The Morgan fingerprint density at radius 3 is 2.64 bits per heavy atom. The summed E-state index contributed by atoms with van der Waals surface area (Å²) in [7, 11) is 1.82. The minimum absolute atomic E-state index is 0.0251. The molecule has 4 rings (SSSR count). The fraction of sp³-hybridized carbons (Fsp3) is 0.364. The van der Waals surface area contributed by atoms with Crippen LogP contribution in [0.25, 0.3) is 0 Å². The van der Waals surface area contributed by atoms with Gasteiger partial charge >= 0.3 is 0 Å². The molecule has 6 heteroatoms. The van der Waals surface area contributed by atoms with E-state index in [4.69, 9.17) is 4.74 Å². The van der Waals surface area contributed by atoms with Crippen LogP contribution in [0.15, 0.2) is 54.6 Å². The van der Waals surface area contributed by atoms with E-state index >= 15 is 0 Å². The zero-order chi connectivity index (χ0) is 19.7. The monoisotopic (exact) mass is 380 g/mol. The molecular weight excluding hydrogens is 356 g/mol. The summed E-state index contributed by atoms with van der Waals surface area (Å²) in [5, 5.41) is 9.96. The van der Waals surface area contributed by atoms with Crippen LogP contribution < -0.4 is 0 Å².